The van der Waals surface area contributed by atoms with Gasteiger partial charge in [0.2, 0.25) is 11.7 Å². The highest BCUT2D eigenvalue weighted by atomic mass is 31.2. The Morgan fingerprint density at radius 3 is 2.44 bits per heavy atom. The van der Waals surface area contributed by atoms with Gasteiger partial charge in [-0.2, -0.15) is 4.98 Å². The van der Waals surface area contributed by atoms with E-state index in [4.69, 9.17) is 18.5 Å². The third kappa shape index (κ3) is 8.01. The number of carbonyl (C=O) groups excluding carboxylic acids is 1. The molecule has 254 valence electrons. The van der Waals surface area contributed by atoms with Crippen LogP contribution in [0, 0.1) is 5.92 Å². The van der Waals surface area contributed by atoms with Gasteiger partial charge in [0.05, 0.1) is 12.7 Å². The number of aliphatic hydroxyl groups is 7. The third-order valence-electron chi connectivity index (χ3n) is 6.89. The molecule has 2 aromatic rings. The lowest BCUT2D eigenvalue weighted by atomic mass is 9.99. The van der Waals surface area contributed by atoms with Gasteiger partial charge >= 0.3 is 21.1 Å². The normalized spacial score (nSPS) is 33.0. The minimum absolute atomic E-state index is 0.0363. The van der Waals surface area contributed by atoms with E-state index in [1.165, 1.54) is 24.7 Å². The largest absolute Gasteiger partial charge is 0.434 e. The van der Waals surface area contributed by atoms with E-state index in [1.807, 2.05) is 0 Å². The van der Waals surface area contributed by atoms with E-state index in [0.717, 1.165) is 6.33 Å². The van der Waals surface area contributed by atoms with Crippen molar-refractivity contribution in [3.8, 4) is 0 Å². The Morgan fingerprint density at radius 2 is 1.80 bits per heavy atom. The average Bonchev–Trinajstić information content (AvgIpc) is 3.54. The standard InChI is InChI=1S/C21H34N6O16P2/c1-7(2)12(30)15(33)19(34)26-45(38,39)42-10-3-8(29)20(41-10)27-6-24-11-17(22-5-23-18(11)27)25-44(36,37)43-16-14(32)13(31)9(4-28)40-21(16)35/h5-10,12-16,20-21,28-33,35H,3-4H2,1-2H3,(H4,22,23,25,26,34,36,37,38,39)/p+1/t8-,9+,10+,12-,13+,14-,15+,16+,20+,21-/m0/s1. The summed E-state index contributed by atoms with van der Waals surface area (Å²) >= 11 is 0. The second kappa shape index (κ2) is 13.9. The zero-order valence-electron chi connectivity index (χ0n) is 23.5. The van der Waals surface area contributed by atoms with Crippen LogP contribution in [-0.2, 0) is 32.4 Å². The summed E-state index contributed by atoms with van der Waals surface area (Å²) in [5.74, 6) is -2.27. The van der Waals surface area contributed by atoms with Gasteiger partial charge in [0, 0.05) is 6.42 Å². The maximum Gasteiger partial charge on any atom is 0.434 e. The molecular formula is C21H35N6O16P2+. The van der Waals surface area contributed by atoms with Crippen LogP contribution in [0.25, 0.3) is 11.2 Å². The first-order chi connectivity index (χ1) is 20.9. The summed E-state index contributed by atoms with van der Waals surface area (Å²) in [6.07, 6.45) is -15.1. The molecule has 4 heterocycles. The first kappa shape index (κ1) is 35.6. The van der Waals surface area contributed by atoms with Gasteiger partial charge in [-0.15, -0.1) is 0 Å². The monoisotopic (exact) mass is 689 g/mol. The molecule has 0 aromatic carbocycles. The van der Waals surface area contributed by atoms with Gasteiger partial charge in [0.1, 0.15) is 30.5 Å². The van der Waals surface area contributed by atoms with Gasteiger partial charge < -0.3 is 55.0 Å². The number of fused-ring (bicyclic) bond motifs is 1. The summed E-state index contributed by atoms with van der Waals surface area (Å²) in [5, 5.41) is 73.5. The Balaban J connectivity index is 1.45. The Hall–Kier alpha value is -2.24. The molecule has 4 rings (SSSR count). The first-order valence-corrected chi connectivity index (χ1v) is 16.5. The molecule has 0 spiro atoms. The number of amides is 1. The molecule has 2 aromatic heterocycles. The smallest absolute Gasteiger partial charge is 0.394 e. The highest BCUT2D eigenvalue weighted by Crippen LogP contribution is 2.46. The van der Waals surface area contributed by atoms with Gasteiger partial charge in [-0.05, 0) is 5.92 Å². The number of aliphatic hydroxyl groups excluding tert-OH is 7. The molecule has 45 heavy (non-hydrogen) atoms. The van der Waals surface area contributed by atoms with Crippen molar-refractivity contribution in [3.63, 3.8) is 0 Å². The topological polar surface area (TPSA) is 340 Å². The molecule has 2 aliphatic heterocycles. The Morgan fingerprint density at radius 1 is 1.11 bits per heavy atom. The zero-order chi connectivity index (χ0) is 33.4. The average molecular weight is 689 g/mol. The minimum atomic E-state index is -4.98. The summed E-state index contributed by atoms with van der Waals surface area (Å²) in [4.78, 5) is 43.2. The van der Waals surface area contributed by atoms with Crippen LogP contribution in [0.4, 0.5) is 5.82 Å². The number of aromatic nitrogens is 4. The molecule has 0 aliphatic carbocycles. The van der Waals surface area contributed by atoms with E-state index in [0.29, 0.717) is 0 Å². The number of hydrogen-bond acceptors (Lipinski definition) is 16. The van der Waals surface area contributed by atoms with Gasteiger partial charge in [0.15, 0.2) is 37.2 Å². The van der Waals surface area contributed by atoms with Crippen LogP contribution >= 0.6 is 15.5 Å². The van der Waals surface area contributed by atoms with Crippen LogP contribution in [0.1, 0.15) is 26.5 Å². The van der Waals surface area contributed by atoms with Crippen molar-refractivity contribution in [2.24, 2.45) is 5.92 Å². The third-order valence-corrected chi connectivity index (χ3v) is 8.94. The maximum atomic E-state index is 12.9. The molecule has 0 radical (unpaired) electrons. The number of aromatic amines is 1. The lowest BCUT2D eigenvalue weighted by molar-refractivity contribution is -0.746. The molecule has 12 atom stereocenters. The lowest BCUT2D eigenvalue weighted by Crippen LogP contribution is -2.59. The summed E-state index contributed by atoms with van der Waals surface area (Å²) < 4.78 is 46.8. The molecule has 2 fully saturated rings. The van der Waals surface area contributed by atoms with E-state index in [-0.39, 0.29) is 23.4 Å². The number of imidazole rings is 1. The highest BCUT2D eigenvalue weighted by Gasteiger charge is 2.48. The lowest BCUT2D eigenvalue weighted by Gasteiger charge is -2.39. The quantitative estimate of drug-likeness (QED) is 0.0742. The van der Waals surface area contributed by atoms with Crippen molar-refractivity contribution in [1.82, 2.24) is 20.0 Å². The number of anilines is 1. The summed E-state index contributed by atoms with van der Waals surface area (Å²) in [5.41, 5.74) is -0.0829. The molecule has 2 aliphatic rings. The van der Waals surface area contributed by atoms with Crippen LogP contribution in [0.5, 0.6) is 0 Å². The number of ether oxygens (including phenoxy) is 2. The van der Waals surface area contributed by atoms with E-state index < -0.39 is 95.5 Å². The molecule has 0 saturated carbocycles. The van der Waals surface area contributed by atoms with Gasteiger partial charge in [0.25, 0.3) is 5.91 Å². The fraction of sp³-hybridized carbons (Fsp3) is 0.714. The maximum absolute atomic E-state index is 12.9. The highest BCUT2D eigenvalue weighted by molar-refractivity contribution is 7.54. The molecule has 2 saturated heterocycles. The van der Waals surface area contributed by atoms with Crippen molar-refractivity contribution in [3.05, 3.63) is 12.7 Å². The molecule has 22 nitrogen and oxygen atoms in total. The van der Waals surface area contributed by atoms with E-state index in [1.54, 1.807) is 5.09 Å². The Kier molecular flexibility index (Phi) is 11.0. The predicted octanol–water partition coefficient (Wildman–Crippen LogP) is -4.21. The van der Waals surface area contributed by atoms with Gasteiger partial charge in [-0.1, -0.05) is 18.8 Å². The van der Waals surface area contributed by atoms with Crippen LogP contribution < -0.4 is 14.7 Å². The number of H-pyrrole nitrogens is 1. The van der Waals surface area contributed by atoms with Crippen LogP contribution in [0.3, 0.4) is 0 Å². The molecule has 2 unspecified atom stereocenters. The predicted molar refractivity (Wildman–Crippen MR) is 143 cm³/mol. The Labute approximate surface area is 253 Å². The van der Waals surface area contributed by atoms with Crippen LogP contribution in [0.2, 0.25) is 0 Å². The molecule has 12 N–H and O–H groups in total. The van der Waals surface area contributed by atoms with Crippen molar-refractivity contribution in [2.45, 2.75) is 81.8 Å². The molecular weight excluding hydrogens is 654 g/mol. The second-order valence-electron chi connectivity index (χ2n) is 10.6. The van der Waals surface area contributed by atoms with Gasteiger partial charge in [-0.3, -0.25) is 29.0 Å². The Bertz CT molecular complexity index is 1450. The van der Waals surface area contributed by atoms with Crippen LogP contribution in [0.15, 0.2) is 12.7 Å². The van der Waals surface area contributed by atoms with E-state index in [9.17, 15) is 59.5 Å². The summed E-state index contributed by atoms with van der Waals surface area (Å²) in [6.45, 7) is 2.26. The number of hydrogen-bond donors (Lipinski definition) is 12. The number of carbonyl (C=O) groups is 1. The van der Waals surface area contributed by atoms with Gasteiger partial charge in [-0.25, -0.2) is 13.7 Å². The fourth-order valence-electron chi connectivity index (χ4n) is 4.53. The summed E-state index contributed by atoms with van der Waals surface area (Å²) in [7, 11) is -9.95. The SMILES string of the molecule is CC(C)[C@H](O)[C@@H](O)C(=O)NP(=O)(O)O[C@@H]1C[C@H](O)[C@H]([n+]2c[nH]c3c(NP(=O)(O)O[C@@H]4[C@@H](O)[C@H](O)[C@@H](CO)O[C@@H]4O)ncnc32)O1. The van der Waals surface area contributed by atoms with E-state index >= 15 is 0 Å². The number of nitrogens with one attached hydrogen (secondary N) is 3. The van der Waals surface area contributed by atoms with Crippen molar-refractivity contribution < 1.29 is 82.5 Å². The zero-order valence-corrected chi connectivity index (χ0v) is 25.3. The molecule has 0 bridgehead atoms. The summed E-state index contributed by atoms with van der Waals surface area (Å²) in [6, 6.07) is 0. The minimum Gasteiger partial charge on any atom is -0.394 e. The molecule has 1 amide bonds. The second-order valence-corrected chi connectivity index (χ2v) is 13.5. The first-order valence-electron chi connectivity index (χ1n) is 13.3. The number of nitrogens with zero attached hydrogens (tertiary/aromatic N) is 3. The van der Waals surface area contributed by atoms with Crippen LogP contribution in [-0.4, -0.2) is 128 Å². The van der Waals surface area contributed by atoms with Crippen molar-refractivity contribution >= 4 is 38.4 Å². The number of rotatable bonds is 12. The fourth-order valence-corrected chi connectivity index (χ4v) is 6.50. The van der Waals surface area contributed by atoms with Crippen molar-refractivity contribution in [2.75, 3.05) is 11.7 Å². The van der Waals surface area contributed by atoms with Crippen molar-refractivity contribution in [1.29, 1.82) is 0 Å². The molecule has 24 heteroatoms. The van der Waals surface area contributed by atoms with E-state index in [2.05, 4.69) is 20.0 Å².